The molecule has 0 bridgehead atoms. The van der Waals surface area contributed by atoms with Crippen LogP contribution in [0.15, 0.2) is 6.20 Å². The predicted octanol–water partition coefficient (Wildman–Crippen LogP) is 2.86. The van der Waals surface area contributed by atoms with Gasteiger partial charge in [-0.15, -0.1) is 11.3 Å². The molecule has 2 heterocycles. The number of aromatic nitrogens is 2. The summed E-state index contributed by atoms with van der Waals surface area (Å²) in [5.74, 6) is -1.20. The number of hydrogen-bond acceptors (Lipinski definition) is 5. The Morgan fingerprint density at radius 1 is 1.34 bits per heavy atom. The van der Waals surface area contributed by atoms with Crippen molar-refractivity contribution in [1.29, 1.82) is 0 Å². The summed E-state index contributed by atoms with van der Waals surface area (Å²) >= 11 is 1.30. The lowest BCUT2D eigenvalue weighted by Gasteiger charge is -2.11. The fraction of sp³-hybridized carbons (Fsp3) is 0.500. The second-order valence-corrected chi connectivity index (χ2v) is 8.07. The van der Waals surface area contributed by atoms with E-state index in [1.54, 1.807) is 14.0 Å². The number of alkyl halides is 3. The molecule has 0 spiro atoms. The number of carbonyl (C=O) groups excluding carboxylic acids is 2. The maximum absolute atomic E-state index is 13.3. The lowest BCUT2D eigenvalue weighted by molar-refractivity contribution is -0.142. The fourth-order valence-electron chi connectivity index (χ4n) is 3.44. The molecule has 1 aliphatic rings. The van der Waals surface area contributed by atoms with Crippen molar-refractivity contribution in [1.82, 2.24) is 15.1 Å². The van der Waals surface area contributed by atoms with Crippen LogP contribution in [0.3, 0.4) is 0 Å². The summed E-state index contributed by atoms with van der Waals surface area (Å²) in [6, 6.07) is -0.589. The second-order valence-electron chi connectivity index (χ2n) is 6.97. The number of rotatable bonds is 6. The van der Waals surface area contributed by atoms with Crippen LogP contribution in [-0.4, -0.2) is 28.6 Å². The molecule has 29 heavy (non-hydrogen) atoms. The number of amides is 2. The van der Waals surface area contributed by atoms with Gasteiger partial charge in [0.05, 0.1) is 5.56 Å². The van der Waals surface area contributed by atoms with Crippen molar-refractivity contribution < 1.29 is 22.8 Å². The highest BCUT2D eigenvalue weighted by molar-refractivity contribution is 7.17. The zero-order chi connectivity index (χ0) is 21.3. The van der Waals surface area contributed by atoms with Crippen LogP contribution in [0, 0.1) is 0 Å². The van der Waals surface area contributed by atoms with Crippen LogP contribution >= 0.6 is 11.3 Å². The molecular weight excluding hydrogens is 407 g/mol. The molecule has 7 nitrogen and oxygen atoms in total. The van der Waals surface area contributed by atoms with Gasteiger partial charge in [-0.1, -0.05) is 0 Å². The summed E-state index contributed by atoms with van der Waals surface area (Å²) in [5.41, 5.74) is 5.60. The SMILES string of the molecule is CNC(C)c1cn(CC(=O)Nc2sc3c(c2C(N)=O)CCCC3)nc1C(F)(F)F. The Balaban J connectivity index is 1.82. The van der Waals surface area contributed by atoms with Gasteiger partial charge in [-0.25, -0.2) is 0 Å². The minimum Gasteiger partial charge on any atom is -0.365 e. The zero-order valence-electron chi connectivity index (χ0n) is 16.0. The quantitative estimate of drug-likeness (QED) is 0.657. The number of aryl methyl sites for hydroxylation is 1. The molecule has 0 radical (unpaired) electrons. The Hall–Kier alpha value is -2.40. The minimum absolute atomic E-state index is 0.0442. The summed E-state index contributed by atoms with van der Waals surface area (Å²) in [6.07, 6.45) is 0.0529. The number of nitrogens with one attached hydrogen (secondary N) is 2. The van der Waals surface area contributed by atoms with Gasteiger partial charge in [-0.05, 0) is 45.2 Å². The van der Waals surface area contributed by atoms with Crippen LogP contribution in [0.5, 0.6) is 0 Å². The molecular formula is C18H22F3N5O2S. The number of fused-ring (bicyclic) bond motifs is 1. The van der Waals surface area contributed by atoms with Crippen LogP contribution in [0.2, 0.25) is 0 Å². The van der Waals surface area contributed by atoms with E-state index in [9.17, 15) is 22.8 Å². The molecule has 0 fully saturated rings. The third-order valence-electron chi connectivity index (χ3n) is 4.93. The van der Waals surface area contributed by atoms with Gasteiger partial charge in [0.15, 0.2) is 5.69 Å². The smallest absolute Gasteiger partial charge is 0.365 e. The largest absolute Gasteiger partial charge is 0.435 e. The third kappa shape index (κ3) is 4.45. The molecule has 158 valence electrons. The third-order valence-corrected chi connectivity index (χ3v) is 6.14. The van der Waals surface area contributed by atoms with Crippen molar-refractivity contribution in [2.75, 3.05) is 12.4 Å². The number of halogens is 3. The van der Waals surface area contributed by atoms with Crippen molar-refractivity contribution in [3.63, 3.8) is 0 Å². The number of hydrogen-bond donors (Lipinski definition) is 3. The molecule has 4 N–H and O–H groups in total. The standard InChI is InChI=1S/C18H22F3N5O2S/c1-9(23-2)11-7-26(25-15(11)18(19,20)21)8-13(27)24-17-14(16(22)28)10-5-3-4-6-12(10)29-17/h7,9,23H,3-6,8H2,1-2H3,(H2,22,28)(H,24,27). The highest BCUT2D eigenvalue weighted by atomic mass is 32.1. The van der Waals surface area contributed by atoms with Crippen LogP contribution in [-0.2, 0) is 30.4 Å². The molecule has 0 aliphatic heterocycles. The van der Waals surface area contributed by atoms with Crippen molar-refractivity contribution in [3.05, 3.63) is 33.5 Å². The van der Waals surface area contributed by atoms with Gasteiger partial charge in [0, 0.05) is 22.7 Å². The fourth-order valence-corrected chi connectivity index (χ4v) is 4.75. The Labute approximate surface area is 169 Å². The first-order chi connectivity index (χ1) is 13.6. The van der Waals surface area contributed by atoms with Gasteiger partial charge in [0.25, 0.3) is 5.91 Å². The van der Waals surface area contributed by atoms with Crippen molar-refractivity contribution in [2.24, 2.45) is 5.73 Å². The average Bonchev–Trinajstić information content (AvgIpc) is 3.21. The van der Waals surface area contributed by atoms with Gasteiger partial charge in [-0.2, -0.15) is 18.3 Å². The zero-order valence-corrected chi connectivity index (χ0v) is 16.8. The van der Waals surface area contributed by atoms with Crippen molar-refractivity contribution in [2.45, 2.75) is 51.4 Å². The molecule has 0 aromatic carbocycles. The van der Waals surface area contributed by atoms with E-state index in [-0.39, 0.29) is 5.56 Å². The summed E-state index contributed by atoms with van der Waals surface area (Å²) in [7, 11) is 1.54. The van der Waals surface area contributed by atoms with Crippen LogP contribution in [0.4, 0.5) is 18.2 Å². The maximum Gasteiger partial charge on any atom is 0.435 e. The summed E-state index contributed by atoms with van der Waals surface area (Å²) in [4.78, 5) is 25.4. The molecule has 2 amide bonds. The van der Waals surface area contributed by atoms with E-state index in [4.69, 9.17) is 5.73 Å². The highest BCUT2D eigenvalue weighted by Crippen LogP contribution is 2.38. The summed E-state index contributed by atoms with van der Waals surface area (Å²) in [6.45, 7) is 1.16. The first-order valence-corrected chi connectivity index (χ1v) is 9.99. The van der Waals surface area contributed by atoms with Gasteiger partial charge in [0.1, 0.15) is 11.5 Å². The lowest BCUT2D eigenvalue weighted by Crippen LogP contribution is -2.22. The van der Waals surface area contributed by atoms with Crippen LogP contribution in [0.1, 0.15) is 57.9 Å². The predicted molar refractivity (Wildman–Crippen MR) is 103 cm³/mol. The Bertz CT molecular complexity index is 935. The van der Waals surface area contributed by atoms with E-state index in [1.165, 1.54) is 17.5 Å². The van der Waals surface area contributed by atoms with E-state index in [2.05, 4.69) is 15.7 Å². The number of thiophene rings is 1. The number of nitrogens with two attached hydrogens (primary N) is 1. The molecule has 0 saturated heterocycles. The molecule has 1 atom stereocenters. The van der Waals surface area contributed by atoms with E-state index in [0.29, 0.717) is 10.6 Å². The van der Waals surface area contributed by atoms with Crippen molar-refractivity contribution >= 4 is 28.2 Å². The van der Waals surface area contributed by atoms with Gasteiger partial charge >= 0.3 is 6.18 Å². The molecule has 0 saturated carbocycles. The van der Waals surface area contributed by atoms with Crippen LogP contribution in [0.25, 0.3) is 0 Å². The summed E-state index contributed by atoms with van der Waals surface area (Å²) < 4.78 is 40.7. The Morgan fingerprint density at radius 3 is 2.66 bits per heavy atom. The van der Waals surface area contributed by atoms with Gasteiger partial charge in [0.2, 0.25) is 5.91 Å². The molecule has 1 unspecified atom stereocenters. The molecule has 1 aliphatic carbocycles. The van der Waals surface area contributed by atoms with E-state index < -0.39 is 36.3 Å². The van der Waals surface area contributed by atoms with E-state index in [0.717, 1.165) is 40.8 Å². The first-order valence-electron chi connectivity index (χ1n) is 9.17. The Kier molecular flexibility index (Phi) is 5.99. The number of primary amides is 1. The van der Waals surface area contributed by atoms with Crippen molar-refractivity contribution in [3.8, 4) is 0 Å². The number of anilines is 1. The first kappa shape index (κ1) is 21.3. The van der Waals surface area contributed by atoms with Gasteiger partial charge < -0.3 is 16.4 Å². The average molecular weight is 429 g/mol. The highest BCUT2D eigenvalue weighted by Gasteiger charge is 2.38. The number of carbonyl (C=O) groups is 2. The Morgan fingerprint density at radius 2 is 2.03 bits per heavy atom. The normalized spacial score (nSPS) is 15.1. The van der Waals surface area contributed by atoms with Crippen LogP contribution < -0.4 is 16.4 Å². The molecule has 2 aromatic heterocycles. The second kappa shape index (κ2) is 8.15. The molecule has 11 heteroatoms. The maximum atomic E-state index is 13.3. The van der Waals surface area contributed by atoms with Gasteiger partial charge in [-0.3, -0.25) is 14.3 Å². The lowest BCUT2D eigenvalue weighted by atomic mass is 9.95. The van der Waals surface area contributed by atoms with E-state index in [1.807, 2.05) is 0 Å². The summed E-state index contributed by atoms with van der Waals surface area (Å²) in [5, 5.41) is 9.28. The monoisotopic (exact) mass is 429 g/mol. The molecule has 2 aromatic rings. The number of nitrogens with zero attached hydrogens (tertiary/aromatic N) is 2. The van der Waals surface area contributed by atoms with E-state index >= 15 is 0 Å². The molecule has 3 rings (SSSR count). The minimum atomic E-state index is -4.63. The topological polar surface area (TPSA) is 102 Å².